The van der Waals surface area contributed by atoms with E-state index in [0.29, 0.717) is 12.4 Å². The third-order valence-corrected chi connectivity index (χ3v) is 5.13. The zero-order chi connectivity index (χ0) is 21.7. The highest BCUT2D eigenvalue weighted by molar-refractivity contribution is 5.83. The van der Waals surface area contributed by atoms with Crippen molar-refractivity contribution in [3.8, 4) is 11.5 Å². The minimum absolute atomic E-state index is 0.130. The van der Waals surface area contributed by atoms with Crippen molar-refractivity contribution in [1.82, 2.24) is 4.98 Å². The van der Waals surface area contributed by atoms with E-state index in [1.54, 1.807) is 25.7 Å². The summed E-state index contributed by atoms with van der Waals surface area (Å²) in [6.45, 7) is 11.5. The average Bonchev–Trinajstić information content (AvgIpc) is 2.72. The number of methoxy groups -OCH3 is 1. The number of aromatic nitrogens is 1. The van der Waals surface area contributed by atoms with Crippen molar-refractivity contribution in [3.05, 3.63) is 82.7 Å². The van der Waals surface area contributed by atoms with Crippen LogP contribution in [0.3, 0.4) is 0 Å². The van der Waals surface area contributed by atoms with E-state index in [2.05, 4.69) is 56.7 Å². The van der Waals surface area contributed by atoms with Crippen LogP contribution in [0.5, 0.6) is 11.5 Å². The molecule has 3 rings (SSSR count). The Hall–Kier alpha value is -3.14. The molecule has 0 unspecified atom stereocenters. The molecule has 0 spiro atoms. The largest absolute Gasteiger partial charge is 0.493 e. The van der Waals surface area contributed by atoms with E-state index in [1.807, 2.05) is 30.3 Å². The first kappa shape index (κ1) is 21.6. The highest BCUT2D eigenvalue weighted by atomic mass is 16.5. The Morgan fingerprint density at radius 2 is 1.73 bits per heavy atom. The van der Waals surface area contributed by atoms with Crippen LogP contribution >= 0.6 is 0 Å². The van der Waals surface area contributed by atoms with Crippen molar-refractivity contribution in [1.29, 1.82) is 0 Å². The number of aryl methyl sites for hydroxylation is 2. The summed E-state index contributed by atoms with van der Waals surface area (Å²) in [7, 11) is 1.65. The van der Waals surface area contributed by atoms with Gasteiger partial charge >= 0.3 is 0 Å². The number of nitrogens with zero attached hydrogens (tertiary/aromatic N) is 2. The average molecular weight is 403 g/mol. The maximum atomic E-state index is 6.14. The Bertz CT molecular complexity index is 1010. The summed E-state index contributed by atoms with van der Waals surface area (Å²) in [5.41, 5.74) is 6.93. The molecule has 4 heteroatoms. The molecule has 0 atom stereocenters. The number of rotatable bonds is 6. The van der Waals surface area contributed by atoms with Gasteiger partial charge in [0.1, 0.15) is 6.61 Å². The van der Waals surface area contributed by atoms with Gasteiger partial charge < -0.3 is 9.47 Å². The van der Waals surface area contributed by atoms with Crippen molar-refractivity contribution in [2.24, 2.45) is 4.99 Å². The second-order valence-corrected chi connectivity index (χ2v) is 8.51. The molecule has 0 fully saturated rings. The minimum atomic E-state index is 0.130. The van der Waals surface area contributed by atoms with Crippen molar-refractivity contribution in [2.45, 2.75) is 46.6 Å². The van der Waals surface area contributed by atoms with Crippen LogP contribution in [0.2, 0.25) is 0 Å². The monoisotopic (exact) mass is 402 g/mol. The number of aliphatic imine (C=N–C) groups is 1. The molecular formula is C26H30N2O2. The Morgan fingerprint density at radius 3 is 2.33 bits per heavy atom. The van der Waals surface area contributed by atoms with E-state index in [-0.39, 0.29) is 5.41 Å². The van der Waals surface area contributed by atoms with Crippen molar-refractivity contribution < 1.29 is 9.47 Å². The normalized spacial score (nSPS) is 11.7. The van der Waals surface area contributed by atoms with Gasteiger partial charge in [-0.15, -0.1) is 0 Å². The first-order chi connectivity index (χ1) is 14.3. The van der Waals surface area contributed by atoms with E-state index in [1.165, 1.54) is 22.3 Å². The van der Waals surface area contributed by atoms with Gasteiger partial charge in [-0.2, -0.15) is 0 Å². The molecule has 0 bridgehead atoms. The highest BCUT2D eigenvalue weighted by Crippen LogP contribution is 2.31. The fourth-order valence-corrected chi connectivity index (χ4v) is 3.27. The summed E-state index contributed by atoms with van der Waals surface area (Å²) in [5.74, 6) is 1.40. The SMILES string of the molecule is COc1cc(C=Nc2cccnc2)ccc1OCc1c(C)cc(C(C)(C)C)cc1C. The van der Waals surface area contributed by atoms with Gasteiger partial charge in [-0.1, -0.05) is 32.9 Å². The fraction of sp³-hybridized carbons (Fsp3) is 0.308. The molecule has 0 saturated carbocycles. The lowest BCUT2D eigenvalue weighted by Crippen LogP contribution is -2.13. The molecule has 1 heterocycles. The lowest BCUT2D eigenvalue weighted by Gasteiger charge is -2.22. The van der Waals surface area contributed by atoms with Gasteiger partial charge in [0, 0.05) is 12.4 Å². The van der Waals surface area contributed by atoms with Gasteiger partial charge in [0.2, 0.25) is 0 Å². The standard InChI is InChI=1S/C26H30N2O2/c1-18-12-21(26(3,4)5)13-19(2)23(18)17-30-24-10-9-20(14-25(24)29-6)15-28-22-8-7-11-27-16-22/h7-16H,17H2,1-6H3. The highest BCUT2D eigenvalue weighted by Gasteiger charge is 2.17. The summed E-state index contributed by atoms with van der Waals surface area (Å²) >= 11 is 0. The summed E-state index contributed by atoms with van der Waals surface area (Å²) < 4.78 is 11.7. The van der Waals surface area contributed by atoms with Gasteiger partial charge in [0.15, 0.2) is 11.5 Å². The lowest BCUT2D eigenvalue weighted by atomic mass is 9.84. The predicted octanol–water partition coefficient (Wildman–Crippen LogP) is 6.33. The molecule has 0 aliphatic heterocycles. The quantitative estimate of drug-likeness (QED) is 0.452. The topological polar surface area (TPSA) is 43.7 Å². The van der Waals surface area contributed by atoms with Gasteiger partial charge in [0.25, 0.3) is 0 Å². The van der Waals surface area contributed by atoms with E-state index in [9.17, 15) is 0 Å². The van der Waals surface area contributed by atoms with Crippen LogP contribution in [0, 0.1) is 13.8 Å². The Labute approximate surface area is 179 Å². The van der Waals surface area contributed by atoms with Gasteiger partial charge in [-0.25, -0.2) is 0 Å². The molecular weight excluding hydrogens is 372 g/mol. The molecule has 2 aromatic carbocycles. The van der Waals surface area contributed by atoms with Gasteiger partial charge in [-0.3, -0.25) is 9.98 Å². The zero-order valence-electron chi connectivity index (χ0n) is 18.7. The van der Waals surface area contributed by atoms with Crippen LogP contribution in [0.1, 0.15) is 48.6 Å². The van der Waals surface area contributed by atoms with Crippen LogP contribution in [0.4, 0.5) is 5.69 Å². The summed E-state index contributed by atoms with van der Waals surface area (Å²) in [6, 6.07) is 14.1. The van der Waals surface area contributed by atoms with Crippen LogP contribution in [-0.2, 0) is 12.0 Å². The second kappa shape index (κ2) is 9.12. The van der Waals surface area contributed by atoms with E-state index < -0.39 is 0 Å². The molecule has 3 aromatic rings. The first-order valence-corrected chi connectivity index (χ1v) is 10.1. The minimum Gasteiger partial charge on any atom is -0.493 e. The van der Waals surface area contributed by atoms with Crippen molar-refractivity contribution in [2.75, 3.05) is 7.11 Å². The van der Waals surface area contributed by atoms with Crippen LogP contribution in [-0.4, -0.2) is 18.3 Å². The number of pyridine rings is 1. The molecule has 4 nitrogen and oxygen atoms in total. The van der Waals surface area contributed by atoms with E-state index >= 15 is 0 Å². The lowest BCUT2D eigenvalue weighted by molar-refractivity contribution is 0.283. The smallest absolute Gasteiger partial charge is 0.161 e. The Morgan fingerprint density at radius 1 is 1.00 bits per heavy atom. The summed E-state index contributed by atoms with van der Waals surface area (Å²) in [4.78, 5) is 8.51. The number of hydrogen-bond acceptors (Lipinski definition) is 4. The summed E-state index contributed by atoms with van der Waals surface area (Å²) in [5, 5.41) is 0. The van der Waals surface area contributed by atoms with Crippen LogP contribution < -0.4 is 9.47 Å². The summed E-state index contributed by atoms with van der Waals surface area (Å²) in [6.07, 6.45) is 5.25. The first-order valence-electron chi connectivity index (χ1n) is 10.1. The maximum absolute atomic E-state index is 6.14. The molecule has 0 aliphatic rings. The maximum Gasteiger partial charge on any atom is 0.161 e. The van der Waals surface area contributed by atoms with Crippen LogP contribution in [0.15, 0.2) is 59.9 Å². The van der Waals surface area contributed by atoms with Crippen LogP contribution in [0.25, 0.3) is 0 Å². The second-order valence-electron chi connectivity index (χ2n) is 8.51. The third-order valence-electron chi connectivity index (χ3n) is 5.13. The molecule has 30 heavy (non-hydrogen) atoms. The number of ether oxygens (including phenoxy) is 2. The van der Waals surface area contributed by atoms with E-state index in [4.69, 9.17) is 9.47 Å². The molecule has 0 radical (unpaired) electrons. The van der Waals surface area contributed by atoms with Gasteiger partial charge in [-0.05, 0) is 77.4 Å². The van der Waals surface area contributed by atoms with Crippen molar-refractivity contribution >= 4 is 11.9 Å². The van der Waals surface area contributed by atoms with E-state index in [0.717, 1.165) is 17.0 Å². The molecule has 0 N–H and O–H groups in total. The molecule has 156 valence electrons. The third kappa shape index (κ3) is 5.26. The fourth-order valence-electron chi connectivity index (χ4n) is 3.27. The van der Waals surface area contributed by atoms with Crippen molar-refractivity contribution in [3.63, 3.8) is 0 Å². The Kier molecular flexibility index (Phi) is 6.56. The zero-order valence-corrected chi connectivity index (χ0v) is 18.7. The predicted molar refractivity (Wildman–Crippen MR) is 123 cm³/mol. The Balaban J connectivity index is 1.77. The molecule has 0 amide bonds. The molecule has 0 aliphatic carbocycles. The molecule has 1 aromatic heterocycles. The number of benzene rings is 2. The van der Waals surface area contributed by atoms with Gasteiger partial charge in [0.05, 0.1) is 19.0 Å². The number of hydrogen-bond donors (Lipinski definition) is 0. The molecule has 0 saturated heterocycles.